The van der Waals surface area contributed by atoms with Crippen LogP contribution in [0.3, 0.4) is 0 Å². The Kier molecular flexibility index (Phi) is 6.30. The lowest BCUT2D eigenvalue weighted by atomic mass is 10.0. The molecule has 0 aromatic carbocycles. The highest BCUT2D eigenvalue weighted by molar-refractivity contribution is 5.89. The second-order valence-corrected chi connectivity index (χ2v) is 9.62. The van der Waals surface area contributed by atoms with E-state index >= 15 is 4.39 Å². The molecule has 0 saturated carbocycles. The Labute approximate surface area is 215 Å². The van der Waals surface area contributed by atoms with Gasteiger partial charge in [-0.1, -0.05) is 0 Å². The summed E-state index contributed by atoms with van der Waals surface area (Å²) in [4.78, 5) is 15.4. The van der Waals surface area contributed by atoms with Crippen LogP contribution in [0.2, 0.25) is 0 Å². The summed E-state index contributed by atoms with van der Waals surface area (Å²) < 4.78 is 64.5. The fraction of sp³-hybridized carbons (Fsp3) is 0.500. The van der Waals surface area contributed by atoms with Crippen molar-refractivity contribution in [3.8, 4) is 11.3 Å². The van der Waals surface area contributed by atoms with Gasteiger partial charge in [0.25, 0.3) is 6.43 Å². The summed E-state index contributed by atoms with van der Waals surface area (Å²) in [6, 6.07) is 2.98. The van der Waals surface area contributed by atoms with E-state index in [1.807, 2.05) is 0 Å². The van der Waals surface area contributed by atoms with Crippen molar-refractivity contribution in [2.75, 3.05) is 44.0 Å². The normalized spacial score (nSPS) is 20.9. The molecule has 0 bridgehead atoms. The van der Waals surface area contributed by atoms with Crippen LogP contribution in [0.4, 0.5) is 29.3 Å². The summed E-state index contributed by atoms with van der Waals surface area (Å²) in [5.74, 6) is 0.238. The molecule has 2 saturated heterocycles. The van der Waals surface area contributed by atoms with Crippen molar-refractivity contribution in [1.29, 1.82) is 0 Å². The van der Waals surface area contributed by atoms with Gasteiger partial charge < -0.3 is 19.9 Å². The highest BCUT2D eigenvalue weighted by Gasteiger charge is 2.36. The average molecular weight is 534 g/mol. The molecule has 6 rings (SSSR count). The number of aryl methyl sites for hydroxylation is 1. The van der Waals surface area contributed by atoms with Gasteiger partial charge in [0.05, 0.1) is 49.3 Å². The van der Waals surface area contributed by atoms with Crippen molar-refractivity contribution < 1.29 is 22.3 Å². The van der Waals surface area contributed by atoms with Crippen LogP contribution in [0.5, 0.6) is 0 Å². The topological polar surface area (TPSA) is 97.4 Å². The standard InChI is InChI=1S/C24H27F4N9O/c1-12-30-18-4-3-17(31-23(18)36(12)9-19(27)28)20-15(26)8-37-21(20)22(29-2)33-24(34-37)32-16-5-6-35(7-14(16)25)13-10-38-11-13/h3-4,8,13-14,16,19H,5-7,9-11H2,1-2H3,(H2,29,32,33,34)/t14-,16+/m1/s1. The van der Waals surface area contributed by atoms with Crippen molar-refractivity contribution in [3.05, 3.63) is 30.0 Å². The molecule has 2 fully saturated rings. The van der Waals surface area contributed by atoms with Crippen molar-refractivity contribution in [1.82, 2.24) is 34.0 Å². The molecule has 2 aliphatic heterocycles. The van der Waals surface area contributed by atoms with E-state index in [0.29, 0.717) is 48.9 Å². The lowest BCUT2D eigenvalue weighted by Gasteiger charge is -2.42. The molecule has 6 heterocycles. The first kappa shape index (κ1) is 24.8. The molecular weight excluding hydrogens is 506 g/mol. The number of likely N-dealkylation sites (tertiary alicyclic amines) is 1. The molecule has 0 spiro atoms. The van der Waals surface area contributed by atoms with Gasteiger partial charge in [0, 0.05) is 20.1 Å². The van der Waals surface area contributed by atoms with Crippen LogP contribution in [-0.4, -0.2) is 92.1 Å². The molecule has 2 N–H and O–H groups in total. The number of hydrogen-bond acceptors (Lipinski definition) is 8. The van der Waals surface area contributed by atoms with Crippen LogP contribution in [0.15, 0.2) is 18.3 Å². The number of nitrogens with zero attached hydrogens (tertiary/aromatic N) is 7. The molecule has 2 atom stereocenters. The van der Waals surface area contributed by atoms with Crippen molar-refractivity contribution in [3.63, 3.8) is 0 Å². The van der Waals surface area contributed by atoms with Crippen molar-refractivity contribution in [2.24, 2.45) is 0 Å². The first-order valence-corrected chi connectivity index (χ1v) is 12.4. The number of fused-ring (bicyclic) bond motifs is 2. The Morgan fingerprint density at radius 2 is 2.00 bits per heavy atom. The Balaban J connectivity index is 1.33. The van der Waals surface area contributed by atoms with Gasteiger partial charge in [-0.3, -0.25) is 4.90 Å². The highest BCUT2D eigenvalue weighted by Crippen LogP contribution is 2.33. The van der Waals surface area contributed by atoms with Gasteiger partial charge in [-0.15, -0.1) is 5.10 Å². The van der Waals surface area contributed by atoms with Crippen LogP contribution >= 0.6 is 0 Å². The second kappa shape index (κ2) is 9.66. The SMILES string of the molecule is CNc1nc(N[C@H]2CCN(C3COC3)C[C@H]2F)nn2cc(F)c(-c3ccc4nc(C)n(CC(F)F)c4n3)c12. The Morgan fingerprint density at radius 3 is 2.68 bits per heavy atom. The quantitative estimate of drug-likeness (QED) is 0.350. The third-order valence-corrected chi connectivity index (χ3v) is 7.21. The van der Waals surface area contributed by atoms with E-state index in [-0.39, 0.29) is 28.9 Å². The number of anilines is 2. The van der Waals surface area contributed by atoms with Gasteiger partial charge in [-0.05, 0) is 25.5 Å². The molecule has 14 heteroatoms. The van der Waals surface area contributed by atoms with Crippen LogP contribution < -0.4 is 10.6 Å². The number of piperidine rings is 1. The highest BCUT2D eigenvalue weighted by atomic mass is 19.3. The molecular formula is C24H27F4N9O. The number of aromatic nitrogens is 6. The first-order chi connectivity index (χ1) is 18.3. The molecule has 2 aliphatic rings. The molecule has 4 aromatic rings. The minimum atomic E-state index is -2.60. The number of imidazole rings is 1. The fourth-order valence-electron chi connectivity index (χ4n) is 5.17. The van der Waals surface area contributed by atoms with Crippen LogP contribution in [0.25, 0.3) is 27.9 Å². The molecule has 0 aliphatic carbocycles. The summed E-state index contributed by atoms with van der Waals surface area (Å²) in [5.41, 5.74) is 1.33. The summed E-state index contributed by atoms with van der Waals surface area (Å²) in [6.07, 6.45) is -1.97. The monoisotopic (exact) mass is 533 g/mol. The van der Waals surface area contributed by atoms with Crippen LogP contribution in [0.1, 0.15) is 12.2 Å². The van der Waals surface area contributed by atoms with Crippen molar-refractivity contribution >= 4 is 28.4 Å². The zero-order chi connectivity index (χ0) is 26.6. The van der Waals surface area contributed by atoms with E-state index in [4.69, 9.17) is 4.74 Å². The van der Waals surface area contributed by atoms with Gasteiger partial charge in [-0.25, -0.2) is 32.0 Å². The molecule has 10 nitrogen and oxygen atoms in total. The smallest absolute Gasteiger partial charge is 0.256 e. The average Bonchev–Trinajstić information content (AvgIpc) is 3.33. The number of ether oxygens (including phenoxy) is 1. The summed E-state index contributed by atoms with van der Waals surface area (Å²) in [5, 5.41) is 10.4. The van der Waals surface area contributed by atoms with Gasteiger partial charge in [-0.2, -0.15) is 4.98 Å². The minimum Gasteiger partial charge on any atom is -0.378 e. The molecule has 38 heavy (non-hydrogen) atoms. The number of halogens is 4. The van der Waals surface area contributed by atoms with Gasteiger partial charge >= 0.3 is 0 Å². The predicted molar refractivity (Wildman–Crippen MR) is 133 cm³/mol. The molecule has 0 unspecified atom stereocenters. The zero-order valence-corrected chi connectivity index (χ0v) is 20.8. The van der Waals surface area contributed by atoms with Crippen LogP contribution in [0, 0.1) is 12.7 Å². The molecule has 0 radical (unpaired) electrons. The number of rotatable bonds is 7. The third kappa shape index (κ3) is 4.30. The Morgan fingerprint density at radius 1 is 1.18 bits per heavy atom. The van der Waals surface area contributed by atoms with Crippen LogP contribution in [-0.2, 0) is 11.3 Å². The number of pyridine rings is 1. The number of alkyl halides is 3. The maximum absolute atomic E-state index is 15.3. The van der Waals surface area contributed by atoms with E-state index in [1.165, 1.54) is 15.3 Å². The molecule has 202 valence electrons. The first-order valence-electron chi connectivity index (χ1n) is 12.4. The lowest BCUT2D eigenvalue weighted by Crippen LogP contribution is -2.57. The van der Waals surface area contributed by atoms with E-state index in [2.05, 4.69) is 35.6 Å². The van der Waals surface area contributed by atoms with E-state index in [0.717, 1.165) is 6.54 Å². The molecule has 0 amide bonds. The van der Waals surface area contributed by atoms with E-state index in [9.17, 15) is 13.2 Å². The predicted octanol–water partition coefficient (Wildman–Crippen LogP) is 3.12. The minimum absolute atomic E-state index is 0.115. The van der Waals surface area contributed by atoms with Gasteiger partial charge in [0.15, 0.2) is 17.3 Å². The third-order valence-electron chi connectivity index (χ3n) is 7.21. The maximum Gasteiger partial charge on any atom is 0.256 e. The van der Waals surface area contributed by atoms with E-state index in [1.54, 1.807) is 26.1 Å². The van der Waals surface area contributed by atoms with E-state index < -0.39 is 31.0 Å². The second-order valence-electron chi connectivity index (χ2n) is 9.62. The Hall–Kier alpha value is -3.52. The van der Waals surface area contributed by atoms with Gasteiger partial charge in [0.2, 0.25) is 5.95 Å². The summed E-state index contributed by atoms with van der Waals surface area (Å²) in [7, 11) is 1.63. The zero-order valence-electron chi connectivity index (χ0n) is 20.8. The lowest BCUT2D eigenvalue weighted by molar-refractivity contribution is -0.0794. The Bertz CT molecular complexity index is 1490. The van der Waals surface area contributed by atoms with Crippen molar-refractivity contribution in [2.45, 2.75) is 44.6 Å². The van der Waals surface area contributed by atoms with Gasteiger partial charge in [0.1, 0.15) is 23.0 Å². The number of nitrogens with one attached hydrogen (secondary N) is 2. The fourth-order valence-corrected chi connectivity index (χ4v) is 5.17. The largest absolute Gasteiger partial charge is 0.378 e. The summed E-state index contributed by atoms with van der Waals surface area (Å²) in [6.45, 7) is 3.34. The summed E-state index contributed by atoms with van der Waals surface area (Å²) >= 11 is 0. The number of hydrogen-bond donors (Lipinski definition) is 2. The molecule has 4 aromatic heterocycles. The maximum atomic E-state index is 15.3.